The highest BCUT2D eigenvalue weighted by Gasteiger charge is 2.28. The molecule has 4 aromatic rings. The maximum Gasteiger partial charge on any atom is 0.165 e. The molecule has 9 nitrogen and oxygen atoms in total. The molecule has 0 radical (unpaired) electrons. The number of rotatable bonds is 6. The van der Waals surface area contributed by atoms with Gasteiger partial charge in [-0.05, 0) is 47.3 Å². The SMILES string of the molecule is COc1ccc(CNc2ncnc3c2c(Br)nn3[C@@H]2CCCc3c2cnn3C)c(OC)c1. The molecule has 0 bridgehead atoms. The van der Waals surface area contributed by atoms with Crippen LogP contribution in [0.4, 0.5) is 5.82 Å². The van der Waals surface area contributed by atoms with Crippen LogP contribution in [0.15, 0.2) is 35.3 Å². The second kappa shape index (κ2) is 8.42. The summed E-state index contributed by atoms with van der Waals surface area (Å²) >= 11 is 3.64. The minimum absolute atomic E-state index is 0.102. The van der Waals surface area contributed by atoms with Crippen molar-refractivity contribution in [1.29, 1.82) is 0 Å². The fraction of sp³-hybridized carbons (Fsp3) is 0.364. The van der Waals surface area contributed by atoms with Gasteiger partial charge in [0.2, 0.25) is 0 Å². The smallest absolute Gasteiger partial charge is 0.165 e. The molecule has 1 atom stereocenters. The summed E-state index contributed by atoms with van der Waals surface area (Å²) in [4.78, 5) is 9.07. The number of halogens is 1. The first-order chi connectivity index (χ1) is 15.6. The van der Waals surface area contributed by atoms with Crippen molar-refractivity contribution in [3.05, 3.63) is 52.1 Å². The van der Waals surface area contributed by atoms with E-state index >= 15 is 0 Å². The molecular formula is C22H24BrN7O2. The molecule has 0 spiro atoms. The van der Waals surface area contributed by atoms with E-state index in [9.17, 15) is 0 Å². The highest BCUT2D eigenvalue weighted by Crippen LogP contribution is 2.37. The number of anilines is 1. The number of aromatic nitrogens is 6. The van der Waals surface area contributed by atoms with Crippen LogP contribution in [0.3, 0.4) is 0 Å². The fourth-order valence-corrected chi connectivity index (χ4v) is 4.93. The lowest BCUT2D eigenvalue weighted by atomic mass is 9.93. The van der Waals surface area contributed by atoms with E-state index in [-0.39, 0.29) is 6.04 Å². The Bertz CT molecular complexity index is 1280. The van der Waals surface area contributed by atoms with Crippen LogP contribution in [0.25, 0.3) is 11.0 Å². The zero-order valence-electron chi connectivity index (χ0n) is 18.2. The quantitative estimate of drug-likeness (QED) is 0.432. The van der Waals surface area contributed by atoms with E-state index in [1.54, 1.807) is 20.5 Å². The van der Waals surface area contributed by atoms with Gasteiger partial charge < -0.3 is 14.8 Å². The minimum atomic E-state index is 0.102. The Morgan fingerprint density at radius 1 is 1.22 bits per heavy atom. The molecule has 1 aliphatic rings. The van der Waals surface area contributed by atoms with Gasteiger partial charge in [-0.3, -0.25) is 4.68 Å². The zero-order valence-corrected chi connectivity index (χ0v) is 19.8. The van der Waals surface area contributed by atoms with Gasteiger partial charge >= 0.3 is 0 Å². The lowest BCUT2D eigenvalue weighted by molar-refractivity contribution is 0.391. The van der Waals surface area contributed by atoms with E-state index in [2.05, 4.69) is 36.3 Å². The van der Waals surface area contributed by atoms with Crippen LogP contribution < -0.4 is 14.8 Å². The van der Waals surface area contributed by atoms with Crippen LogP contribution in [0.5, 0.6) is 11.5 Å². The first-order valence-electron chi connectivity index (χ1n) is 10.4. The topological polar surface area (TPSA) is 91.9 Å². The number of hydrogen-bond donors (Lipinski definition) is 1. The summed E-state index contributed by atoms with van der Waals surface area (Å²) in [7, 11) is 5.29. The van der Waals surface area contributed by atoms with Crippen molar-refractivity contribution in [3.63, 3.8) is 0 Å². The lowest BCUT2D eigenvalue weighted by Crippen LogP contribution is -2.19. The number of nitrogens with one attached hydrogen (secondary N) is 1. The first-order valence-corrected chi connectivity index (χ1v) is 11.2. The average molecular weight is 498 g/mol. The predicted molar refractivity (Wildman–Crippen MR) is 124 cm³/mol. The Morgan fingerprint density at radius 3 is 2.91 bits per heavy atom. The monoisotopic (exact) mass is 497 g/mol. The maximum absolute atomic E-state index is 5.52. The van der Waals surface area contributed by atoms with E-state index in [0.29, 0.717) is 17.0 Å². The molecule has 10 heteroatoms. The van der Waals surface area contributed by atoms with Crippen molar-refractivity contribution in [3.8, 4) is 11.5 Å². The van der Waals surface area contributed by atoms with Gasteiger partial charge in [0.15, 0.2) is 5.65 Å². The molecule has 0 unspecified atom stereocenters. The van der Waals surface area contributed by atoms with Gasteiger partial charge in [0, 0.05) is 36.5 Å². The molecule has 5 rings (SSSR count). The van der Waals surface area contributed by atoms with Crippen LogP contribution in [0.1, 0.15) is 35.7 Å². The molecule has 0 fully saturated rings. The second-order valence-corrected chi connectivity index (χ2v) is 8.52. The van der Waals surface area contributed by atoms with Crippen molar-refractivity contribution in [1.82, 2.24) is 29.5 Å². The molecule has 166 valence electrons. The van der Waals surface area contributed by atoms with Crippen LogP contribution in [-0.4, -0.2) is 43.7 Å². The fourth-order valence-electron chi connectivity index (χ4n) is 4.40. The number of methoxy groups -OCH3 is 2. The normalized spacial score (nSPS) is 15.6. The van der Waals surface area contributed by atoms with E-state index in [0.717, 1.165) is 47.4 Å². The number of hydrogen-bond acceptors (Lipinski definition) is 7. The Labute approximate surface area is 193 Å². The predicted octanol–water partition coefficient (Wildman–Crippen LogP) is 3.88. The first kappa shape index (κ1) is 20.7. The molecule has 0 amide bonds. The van der Waals surface area contributed by atoms with E-state index in [1.807, 2.05) is 40.8 Å². The third-order valence-electron chi connectivity index (χ3n) is 6.03. The molecule has 32 heavy (non-hydrogen) atoms. The van der Waals surface area contributed by atoms with Crippen molar-refractivity contribution >= 4 is 32.8 Å². The summed E-state index contributed by atoms with van der Waals surface area (Å²) in [5.41, 5.74) is 4.26. The molecular weight excluding hydrogens is 474 g/mol. The Balaban J connectivity index is 1.49. The van der Waals surface area contributed by atoms with Gasteiger partial charge in [-0.2, -0.15) is 10.2 Å². The molecule has 0 saturated carbocycles. The number of fused-ring (bicyclic) bond motifs is 2. The van der Waals surface area contributed by atoms with Gasteiger partial charge in [-0.1, -0.05) is 0 Å². The van der Waals surface area contributed by atoms with Gasteiger partial charge in [0.05, 0.1) is 31.8 Å². The largest absolute Gasteiger partial charge is 0.497 e. The number of aryl methyl sites for hydroxylation is 1. The Kier molecular flexibility index (Phi) is 5.46. The summed E-state index contributed by atoms with van der Waals surface area (Å²) in [5, 5.41) is 13.6. The molecule has 0 saturated heterocycles. The highest BCUT2D eigenvalue weighted by molar-refractivity contribution is 9.10. The van der Waals surface area contributed by atoms with Crippen LogP contribution in [0, 0.1) is 0 Å². The third-order valence-corrected chi connectivity index (χ3v) is 6.58. The van der Waals surface area contributed by atoms with Gasteiger partial charge in [-0.15, -0.1) is 0 Å². The summed E-state index contributed by atoms with van der Waals surface area (Å²) in [6.45, 7) is 0.535. The van der Waals surface area contributed by atoms with E-state index in [1.165, 1.54) is 11.3 Å². The molecule has 1 aromatic carbocycles. The Morgan fingerprint density at radius 2 is 2.09 bits per heavy atom. The lowest BCUT2D eigenvalue weighted by Gasteiger charge is -2.23. The highest BCUT2D eigenvalue weighted by atomic mass is 79.9. The van der Waals surface area contributed by atoms with Crippen molar-refractivity contribution in [2.45, 2.75) is 31.8 Å². The second-order valence-electron chi connectivity index (χ2n) is 7.77. The van der Waals surface area contributed by atoms with Crippen molar-refractivity contribution < 1.29 is 9.47 Å². The van der Waals surface area contributed by atoms with Crippen LogP contribution in [-0.2, 0) is 20.0 Å². The molecule has 3 aromatic heterocycles. The zero-order chi connectivity index (χ0) is 22.2. The van der Waals surface area contributed by atoms with Gasteiger partial charge in [0.25, 0.3) is 0 Å². The number of ether oxygens (including phenoxy) is 2. The standard InChI is InChI=1S/C22H24BrN7O2/c1-29-16-5-4-6-17(15(16)11-27-29)30-22-19(20(23)28-30)21(25-12-26-22)24-10-13-7-8-14(31-2)9-18(13)32-3/h7-9,11-12,17H,4-6,10H2,1-3H3,(H,24,25,26)/t17-/m1/s1. The summed E-state index contributed by atoms with van der Waals surface area (Å²) < 4.78 is 15.5. The van der Waals surface area contributed by atoms with Gasteiger partial charge in [0.1, 0.15) is 28.2 Å². The number of benzene rings is 1. The van der Waals surface area contributed by atoms with Gasteiger partial charge in [-0.25, -0.2) is 14.6 Å². The summed E-state index contributed by atoms with van der Waals surface area (Å²) in [6, 6.07) is 5.87. The molecule has 3 heterocycles. The van der Waals surface area contributed by atoms with Crippen molar-refractivity contribution in [2.75, 3.05) is 19.5 Å². The summed E-state index contributed by atoms with van der Waals surface area (Å²) in [5.74, 6) is 2.22. The minimum Gasteiger partial charge on any atom is -0.497 e. The van der Waals surface area contributed by atoms with Crippen molar-refractivity contribution in [2.24, 2.45) is 7.05 Å². The summed E-state index contributed by atoms with van der Waals surface area (Å²) in [6.07, 6.45) is 6.65. The third kappa shape index (κ3) is 3.48. The van der Waals surface area contributed by atoms with Crippen LogP contribution in [0.2, 0.25) is 0 Å². The van der Waals surface area contributed by atoms with E-state index < -0.39 is 0 Å². The molecule has 1 aliphatic carbocycles. The number of nitrogens with zero attached hydrogens (tertiary/aromatic N) is 6. The molecule has 1 N–H and O–H groups in total. The van der Waals surface area contributed by atoms with Crippen LogP contribution >= 0.6 is 15.9 Å². The Hall–Kier alpha value is -3.14. The average Bonchev–Trinajstić information content (AvgIpc) is 3.38. The molecule has 0 aliphatic heterocycles. The van der Waals surface area contributed by atoms with E-state index in [4.69, 9.17) is 14.6 Å². The maximum atomic E-state index is 5.52.